The third-order valence-electron chi connectivity index (χ3n) is 7.53. The quantitative estimate of drug-likeness (QED) is 0.215. The van der Waals surface area contributed by atoms with Crippen molar-refractivity contribution in [3.63, 3.8) is 0 Å². The van der Waals surface area contributed by atoms with E-state index < -0.39 is 27.4 Å². The van der Waals surface area contributed by atoms with E-state index in [0.717, 1.165) is 22.3 Å². The number of benzene rings is 4. The van der Waals surface area contributed by atoms with Crippen LogP contribution in [0.4, 0.5) is 0 Å². The summed E-state index contributed by atoms with van der Waals surface area (Å²) >= 11 is 0. The number of nitrogens with zero attached hydrogens (tertiary/aromatic N) is 1. The zero-order valence-corrected chi connectivity index (χ0v) is 23.4. The Labute approximate surface area is 236 Å². The van der Waals surface area contributed by atoms with Crippen LogP contribution >= 0.6 is 0 Å². The van der Waals surface area contributed by atoms with Gasteiger partial charge in [-0.15, -0.1) is 0 Å². The number of esters is 1. The molecule has 1 atom stereocenters. The van der Waals surface area contributed by atoms with Crippen LogP contribution in [-0.2, 0) is 31.4 Å². The molecular weight excluding hydrogens is 518 g/mol. The van der Waals surface area contributed by atoms with E-state index in [1.807, 2.05) is 97.9 Å². The van der Waals surface area contributed by atoms with Crippen LogP contribution in [0.2, 0.25) is 0 Å². The summed E-state index contributed by atoms with van der Waals surface area (Å²) in [6.45, 7) is 6.23. The molecule has 5 nitrogen and oxygen atoms in total. The van der Waals surface area contributed by atoms with Crippen molar-refractivity contribution < 1.29 is 17.9 Å². The van der Waals surface area contributed by atoms with Crippen LogP contribution in [0.5, 0.6) is 0 Å². The molecule has 0 aromatic heterocycles. The Kier molecular flexibility index (Phi) is 8.01. The van der Waals surface area contributed by atoms with Gasteiger partial charge in [0.2, 0.25) is 10.0 Å². The lowest BCUT2D eigenvalue weighted by molar-refractivity contribution is -0.150. The first-order valence-electron chi connectivity index (χ1n) is 13.4. The highest BCUT2D eigenvalue weighted by Gasteiger charge is 2.46. The molecule has 0 bridgehead atoms. The SMILES string of the molecule is C=C1CN(S(=O)(=O)c2ccc(C)cc2)C(Cc2ccccc2)COC(=O)C(c2ccccc2)(c2ccccc2)C1. The first-order valence-corrected chi connectivity index (χ1v) is 14.8. The smallest absolute Gasteiger partial charge is 0.321 e. The van der Waals surface area contributed by atoms with Crippen molar-refractivity contribution in [3.05, 3.63) is 150 Å². The van der Waals surface area contributed by atoms with Crippen molar-refractivity contribution in [1.29, 1.82) is 0 Å². The Bertz CT molecular complexity index is 1530. The molecule has 1 saturated heterocycles. The van der Waals surface area contributed by atoms with Crippen LogP contribution in [0.15, 0.2) is 132 Å². The van der Waals surface area contributed by atoms with Gasteiger partial charge in [0.15, 0.2) is 0 Å². The maximum absolute atomic E-state index is 14.2. The van der Waals surface area contributed by atoms with Gasteiger partial charge in [0.1, 0.15) is 12.0 Å². The number of aryl methyl sites for hydroxylation is 1. The van der Waals surface area contributed by atoms with E-state index in [1.165, 1.54) is 4.31 Å². The minimum absolute atomic E-state index is 0.0613. The summed E-state index contributed by atoms with van der Waals surface area (Å²) in [5, 5.41) is 0. The number of cyclic esters (lactones) is 1. The van der Waals surface area contributed by atoms with Crippen LogP contribution in [-0.4, -0.2) is 37.9 Å². The van der Waals surface area contributed by atoms with E-state index in [1.54, 1.807) is 24.3 Å². The molecule has 4 aromatic carbocycles. The van der Waals surface area contributed by atoms with E-state index in [4.69, 9.17) is 4.74 Å². The van der Waals surface area contributed by atoms with Gasteiger partial charge in [-0.1, -0.05) is 121 Å². The number of carbonyl (C=O) groups is 1. The summed E-state index contributed by atoms with van der Waals surface area (Å²) in [5.74, 6) is -0.418. The molecule has 0 N–H and O–H groups in total. The molecule has 1 aliphatic rings. The topological polar surface area (TPSA) is 63.7 Å². The third-order valence-corrected chi connectivity index (χ3v) is 9.44. The standard InChI is InChI=1S/C34H33NO4S/c1-26-18-20-32(21-19-26)40(37,38)35-24-27(2)23-34(29-14-8-4-9-15-29,30-16-10-5-11-17-30)33(36)39-25-31(35)22-28-12-6-3-7-13-28/h3-21,31H,2,22-25H2,1H3. The lowest BCUT2D eigenvalue weighted by Crippen LogP contribution is -2.45. The molecule has 4 aromatic rings. The van der Waals surface area contributed by atoms with Crippen LogP contribution in [0.1, 0.15) is 28.7 Å². The molecule has 0 radical (unpaired) electrons. The fourth-order valence-corrected chi connectivity index (χ4v) is 7.09. The van der Waals surface area contributed by atoms with E-state index in [0.29, 0.717) is 12.0 Å². The molecule has 0 saturated carbocycles. The van der Waals surface area contributed by atoms with Crippen molar-refractivity contribution >= 4 is 16.0 Å². The number of sulfonamides is 1. The number of ether oxygens (including phenoxy) is 1. The zero-order chi connectivity index (χ0) is 28.2. The predicted molar refractivity (Wildman–Crippen MR) is 157 cm³/mol. The van der Waals surface area contributed by atoms with Gasteiger partial charge in [0.25, 0.3) is 0 Å². The monoisotopic (exact) mass is 551 g/mol. The lowest BCUT2D eigenvalue weighted by atomic mass is 9.70. The van der Waals surface area contributed by atoms with Crippen LogP contribution in [0.25, 0.3) is 0 Å². The molecule has 1 unspecified atom stereocenters. The van der Waals surface area contributed by atoms with Gasteiger partial charge in [-0.2, -0.15) is 4.31 Å². The Morgan fingerprint density at radius 1 is 0.825 bits per heavy atom. The third kappa shape index (κ3) is 5.51. The lowest BCUT2D eigenvalue weighted by Gasteiger charge is -2.33. The van der Waals surface area contributed by atoms with Gasteiger partial charge in [0.05, 0.1) is 10.9 Å². The van der Waals surface area contributed by atoms with Crippen molar-refractivity contribution in [2.24, 2.45) is 0 Å². The summed E-state index contributed by atoms with van der Waals surface area (Å²) in [4.78, 5) is 14.4. The molecule has 0 aliphatic carbocycles. The predicted octanol–water partition coefficient (Wildman–Crippen LogP) is 6.09. The van der Waals surface area contributed by atoms with Gasteiger partial charge in [-0.25, -0.2) is 8.42 Å². The Hall–Kier alpha value is -4.00. The highest BCUT2D eigenvalue weighted by atomic mass is 32.2. The minimum atomic E-state index is -3.94. The second kappa shape index (κ2) is 11.6. The molecule has 204 valence electrons. The number of carbonyl (C=O) groups excluding carboxylic acids is 1. The normalized spacial score (nSPS) is 18.3. The molecule has 1 heterocycles. The molecule has 5 rings (SSSR count). The summed E-state index contributed by atoms with van der Waals surface area (Å²) in [7, 11) is -3.94. The van der Waals surface area contributed by atoms with Crippen molar-refractivity contribution in [1.82, 2.24) is 4.31 Å². The number of hydrogen-bond acceptors (Lipinski definition) is 4. The van der Waals surface area contributed by atoms with E-state index >= 15 is 0 Å². The van der Waals surface area contributed by atoms with Gasteiger partial charge in [-0.3, -0.25) is 4.79 Å². The zero-order valence-electron chi connectivity index (χ0n) is 22.6. The van der Waals surface area contributed by atoms with Crippen LogP contribution in [0.3, 0.4) is 0 Å². The Morgan fingerprint density at radius 3 is 1.90 bits per heavy atom. The fraction of sp³-hybridized carbons (Fsp3) is 0.206. The molecule has 40 heavy (non-hydrogen) atoms. The van der Waals surface area contributed by atoms with Crippen LogP contribution < -0.4 is 0 Å². The maximum Gasteiger partial charge on any atom is 0.321 e. The van der Waals surface area contributed by atoms with Gasteiger partial charge >= 0.3 is 5.97 Å². The number of rotatable bonds is 6. The highest BCUT2D eigenvalue weighted by Crippen LogP contribution is 2.41. The Balaban J connectivity index is 1.63. The average molecular weight is 552 g/mol. The molecule has 0 amide bonds. The summed E-state index contributed by atoms with van der Waals surface area (Å²) in [6, 6.07) is 35.0. The summed E-state index contributed by atoms with van der Waals surface area (Å²) < 4.78 is 35.9. The molecule has 0 spiro atoms. The maximum atomic E-state index is 14.2. The van der Waals surface area contributed by atoms with Gasteiger partial charge in [-0.05, 0) is 48.6 Å². The van der Waals surface area contributed by atoms with Gasteiger partial charge in [0, 0.05) is 6.54 Å². The second-order valence-corrected chi connectivity index (χ2v) is 12.3. The minimum Gasteiger partial charge on any atom is -0.463 e. The Morgan fingerprint density at radius 2 is 1.35 bits per heavy atom. The van der Waals surface area contributed by atoms with Gasteiger partial charge < -0.3 is 4.74 Å². The molecule has 1 fully saturated rings. The molecule has 1 aliphatic heterocycles. The number of hydrogen-bond donors (Lipinski definition) is 0. The second-order valence-electron chi connectivity index (χ2n) is 10.4. The molecular formula is C34H33NO4S. The van der Waals surface area contributed by atoms with E-state index in [2.05, 4.69) is 6.58 Å². The van der Waals surface area contributed by atoms with E-state index in [-0.39, 0.29) is 24.5 Å². The summed E-state index contributed by atoms with van der Waals surface area (Å²) in [5.41, 5.74) is 2.94. The van der Waals surface area contributed by atoms with Crippen molar-refractivity contribution in [3.8, 4) is 0 Å². The molecule has 6 heteroatoms. The van der Waals surface area contributed by atoms with Crippen molar-refractivity contribution in [2.45, 2.75) is 36.1 Å². The first kappa shape index (κ1) is 27.6. The van der Waals surface area contributed by atoms with Crippen molar-refractivity contribution in [2.75, 3.05) is 13.2 Å². The largest absolute Gasteiger partial charge is 0.463 e. The highest BCUT2D eigenvalue weighted by molar-refractivity contribution is 7.89. The van der Waals surface area contributed by atoms with Crippen LogP contribution in [0, 0.1) is 6.92 Å². The summed E-state index contributed by atoms with van der Waals surface area (Å²) in [6.07, 6.45) is 0.591. The fourth-order valence-electron chi connectivity index (χ4n) is 5.46. The van der Waals surface area contributed by atoms with E-state index in [9.17, 15) is 13.2 Å². The average Bonchev–Trinajstić information content (AvgIpc) is 3.03. The first-order chi connectivity index (χ1) is 19.3.